The van der Waals surface area contributed by atoms with E-state index in [2.05, 4.69) is 31.2 Å². The lowest BCUT2D eigenvalue weighted by molar-refractivity contribution is -0.132. The van der Waals surface area contributed by atoms with E-state index in [0.717, 1.165) is 37.7 Å². The number of aromatic nitrogens is 2. The fourth-order valence-electron chi connectivity index (χ4n) is 5.97. The highest BCUT2D eigenvalue weighted by molar-refractivity contribution is 5.88. The van der Waals surface area contributed by atoms with Gasteiger partial charge in [0, 0.05) is 31.3 Å². The molecule has 13 nitrogen and oxygen atoms in total. The lowest BCUT2D eigenvalue weighted by atomic mass is 9.83. The van der Waals surface area contributed by atoms with Crippen molar-refractivity contribution in [3.8, 4) is 0 Å². The Balaban J connectivity index is 1.55. The molecule has 1 aromatic carbocycles. The Morgan fingerprint density at radius 1 is 1.00 bits per heavy atom. The fourth-order valence-corrected chi connectivity index (χ4v) is 5.97. The highest BCUT2D eigenvalue weighted by Gasteiger charge is 2.31. The summed E-state index contributed by atoms with van der Waals surface area (Å²) in [5.41, 5.74) is 13.5. The molecule has 2 aromatic rings. The number of hydrogen-bond donors (Lipinski definition) is 7. The van der Waals surface area contributed by atoms with E-state index in [1.54, 1.807) is 13.1 Å². The van der Waals surface area contributed by atoms with Gasteiger partial charge in [0.05, 0.1) is 24.6 Å². The van der Waals surface area contributed by atoms with Gasteiger partial charge in [-0.15, -0.1) is 0 Å². The number of nitrogen functional groups attached to an aromatic ring is 1. The molecule has 264 valence electrons. The van der Waals surface area contributed by atoms with Gasteiger partial charge in [-0.05, 0) is 37.2 Å². The van der Waals surface area contributed by atoms with Crippen LogP contribution in [0.3, 0.4) is 0 Å². The zero-order chi connectivity index (χ0) is 35.1. The summed E-state index contributed by atoms with van der Waals surface area (Å²) in [6.07, 6.45) is 6.95. The second-order valence-electron chi connectivity index (χ2n) is 13.0. The minimum absolute atomic E-state index is 0.00330. The third-order valence-electron chi connectivity index (χ3n) is 9.09. The number of nitrogens with zero attached hydrogens (tertiary/aromatic N) is 2. The van der Waals surface area contributed by atoms with Gasteiger partial charge in [0.1, 0.15) is 17.7 Å². The molecule has 48 heavy (non-hydrogen) atoms. The van der Waals surface area contributed by atoms with Gasteiger partial charge in [-0.1, -0.05) is 82.7 Å². The third-order valence-corrected chi connectivity index (χ3v) is 9.09. The molecule has 5 atom stereocenters. The van der Waals surface area contributed by atoms with Crippen molar-refractivity contribution in [3.05, 3.63) is 53.5 Å². The molecule has 0 saturated heterocycles. The summed E-state index contributed by atoms with van der Waals surface area (Å²) in [7, 11) is 0. The first-order valence-corrected chi connectivity index (χ1v) is 17.2. The molecule has 0 aliphatic heterocycles. The standard InChI is InChI=1S/C35H54N8O5/c1-4-22(2)32(35(48)40-21-26-20-39-23(3)41-33(26)37)43-31(46)19-29(44)28(18-25-13-9-6-10-14-25)42-30(45)15-16-38-34(47)27(36)17-24-11-7-5-8-12-24/h5,7-8,11-12,20,22,25,27-29,32,44H,4,6,9-10,13-19,21,36H2,1-3H3,(H,38,47)(H,40,48)(H,42,45)(H,43,46)(H2,37,39,41)/t22-,27-,28-,29-,32-/m0/s1. The molecule has 4 amide bonds. The first-order valence-electron chi connectivity index (χ1n) is 17.2. The Hall–Kier alpha value is -4.10. The fraction of sp³-hybridized carbons (Fsp3) is 0.600. The number of nitrogens with two attached hydrogens (primary N) is 2. The summed E-state index contributed by atoms with van der Waals surface area (Å²) >= 11 is 0. The van der Waals surface area contributed by atoms with Crippen molar-refractivity contribution in [1.82, 2.24) is 31.2 Å². The zero-order valence-electron chi connectivity index (χ0n) is 28.5. The summed E-state index contributed by atoms with van der Waals surface area (Å²) in [6.45, 7) is 5.70. The summed E-state index contributed by atoms with van der Waals surface area (Å²) in [5.74, 6) is -0.652. The maximum absolute atomic E-state index is 13.2. The van der Waals surface area contributed by atoms with Gasteiger partial charge >= 0.3 is 0 Å². The first kappa shape index (κ1) is 38.3. The molecule has 0 radical (unpaired) electrons. The van der Waals surface area contributed by atoms with Crippen LogP contribution in [-0.4, -0.2) is 69.5 Å². The van der Waals surface area contributed by atoms with Gasteiger partial charge in [0.2, 0.25) is 23.6 Å². The van der Waals surface area contributed by atoms with Crippen LogP contribution in [0.4, 0.5) is 5.82 Å². The van der Waals surface area contributed by atoms with Gasteiger partial charge in [-0.3, -0.25) is 19.2 Å². The Morgan fingerprint density at radius 2 is 1.71 bits per heavy atom. The molecule has 0 unspecified atom stereocenters. The van der Waals surface area contributed by atoms with E-state index >= 15 is 0 Å². The molecular weight excluding hydrogens is 612 g/mol. The monoisotopic (exact) mass is 666 g/mol. The second-order valence-corrected chi connectivity index (χ2v) is 13.0. The number of aliphatic hydroxyl groups excluding tert-OH is 1. The van der Waals surface area contributed by atoms with Crippen LogP contribution in [0.1, 0.15) is 88.6 Å². The molecule has 1 aliphatic rings. The normalized spacial score (nSPS) is 16.5. The van der Waals surface area contributed by atoms with Crippen molar-refractivity contribution >= 4 is 29.4 Å². The molecular formula is C35H54N8O5. The van der Waals surface area contributed by atoms with Crippen molar-refractivity contribution in [1.29, 1.82) is 0 Å². The summed E-state index contributed by atoms with van der Waals surface area (Å²) in [5, 5.41) is 22.5. The quantitative estimate of drug-likeness (QED) is 0.123. The van der Waals surface area contributed by atoms with Crippen LogP contribution in [-0.2, 0) is 32.1 Å². The molecule has 3 rings (SSSR count). The van der Waals surface area contributed by atoms with Gasteiger partial charge in [-0.25, -0.2) is 9.97 Å². The highest BCUT2D eigenvalue weighted by atomic mass is 16.3. The van der Waals surface area contributed by atoms with Gasteiger partial charge < -0.3 is 37.8 Å². The van der Waals surface area contributed by atoms with Crippen molar-refractivity contribution in [3.63, 3.8) is 0 Å². The first-order chi connectivity index (χ1) is 23.0. The smallest absolute Gasteiger partial charge is 0.243 e. The number of carbonyl (C=O) groups is 4. The number of aliphatic hydroxyl groups is 1. The molecule has 1 heterocycles. The van der Waals surface area contributed by atoms with E-state index in [4.69, 9.17) is 11.5 Å². The lowest BCUT2D eigenvalue weighted by Gasteiger charge is -2.30. The van der Waals surface area contributed by atoms with E-state index in [0.29, 0.717) is 36.6 Å². The van der Waals surface area contributed by atoms with Crippen molar-refractivity contribution in [2.45, 2.75) is 116 Å². The SMILES string of the molecule is CC[C@H](C)[C@H](NC(=O)C[C@H](O)[C@H](CC1CCCCC1)NC(=O)CCNC(=O)[C@@H](N)Cc1ccccc1)C(=O)NCc1cnc(C)nc1N. The average molecular weight is 667 g/mol. The Labute approximate surface area is 283 Å². The van der Waals surface area contributed by atoms with Crippen LogP contribution in [0.2, 0.25) is 0 Å². The van der Waals surface area contributed by atoms with E-state index in [1.807, 2.05) is 44.2 Å². The number of anilines is 1. The lowest BCUT2D eigenvalue weighted by Crippen LogP contribution is -2.52. The van der Waals surface area contributed by atoms with Gasteiger partial charge in [0.15, 0.2) is 0 Å². The van der Waals surface area contributed by atoms with Crippen molar-refractivity contribution in [2.75, 3.05) is 12.3 Å². The third kappa shape index (κ3) is 12.8. The van der Waals surface area contributed by atoms with Crippen LogP contribution in [0.25, 0.3) is 0 Å². The molecule has 1 aromatic heterocycles. The molecule has 1 fully saturated rings. The van der Waals surface area contributed by atoms with E-state index in [-0.39, 0.29) is 55.4 Å². The van der Waals surface area contributed by atoms with Crippen molar-refractivity contribution < 1.29 is 24.3 Å². The number of nitrogens with one attached hydrogen (secondary N) is 4. The number of aryl methyl sites for hydroxylation is 1. The Morgan fingerprint density at radius 3 is 2.38 bits per heavy atom. The average Bonchev–Trinajstić information content (AvgIpc) is 3.06. The van der Waals surface area contributed by atoms with Gasteiger partial charge in [0.25, 0.3) is 0 Å². The van der Waals surface area contributed by atoms with E-state index in [9.17, 15) is 24.3 Å². The molecule has 0 spiro atoms. The van der Waals surface area contributed by atoms with Crippen LogP contribution in [0, 0.1) is 18.8 Å². The minimum Gasteiger partial charge on any atom is -0.390 e. The maximum atomic E-state index is 13.2. The second kappa shape index (κ2) is 19.7. The van der Waals surface area contributed by atoms with Gasteiger partial charge in [-0.2, -0.15) is 0 Å². The number of benzene rings is 1. The molecule has 1 aliphatic carbocycles. The van der Waals surface area contributed by atoms with Crippen molar-refractivity contribution in [2.24, 2.45) is 17.6 Å². The maximum Gasteiger partial charge on any atom is 0.243 e. The predicted molar refractivity (Wildman–Crippen MR) is 184 cm³/mol. The Kier molecular flexibility index (Phi) is 15.7. The Bertz CT molecular complexity index is 1340. The molecule has 13 heteroatoms. The number of hydrogen-bond acceptors (Lipinski definition) is 9. The molecule has 9 N–H and O–H groups in total. The van der Waals surface area contributed by atoms with Crippen LogP contribution < -0.4 is 32.7 Å². The molecule has 1 saturated carbocycles. The minimum atomic E-state index is -1.17. The number of carbonyl (C=O) groups excluding carboxylic acids is 4. The number of amides is 4. The van der Waals surface area contributed by atoms with E-state index < -0.39 is 30.1 Å². The zero-order valence-corrected chi connectivity index (χ0v) is 28.5. The summed E-state index contributed by atoms with van der Waals surface area (Å²) < 4.78 is 0. The van der Waals surface area contributed by atoms with E-state index in [1.165, 1.54) is 0 Å². The van der Waals surface area contributed by atoms with Crippen LogP contribution in [0.15, 0.2) is 36.5 Å². The highest BCUT2D eigenvalue weighted by Crippen LogP contribution is 2.28. The molecule has 0 bridgehead atoms. The van der Waals surface area contributed by atoms with Crippen LogP contribution >= 0.6 is 0 Å². The summed E-state index contributed by atoms with van der Waals surface area (Å²) in [4.78, 5) is 60.1. The number of rotatable bonds is 18. The predicted octanol–water partition coefficient (Wildman–Crippen LogP) is 1.80. The largest absolute Gasteiger partial charge is 0.390 e. The van der Waals surface area contributed by atoms with Crippen LogP contribution in [0.5, 0.6) is 0 Å². The summed E-state index contributed by atoms with van der Waals surface area (Å²) in [6, 6.07) is 7.21. The topological polar surface area (TPSA) is 214 Å².